The molecule has 4 nitrogen and oxygen atoms in total. The van der Waals surface area contributed by atoms with E-state index in [1.807, 2.05) is 55.5 Å². The van der Waals surface area contributed by atoms with Gasteiger partial charge in [-0.2, -0.15) is 0 Å². The minimum Gasteiger partial charge on any atom is -0.478 e. The summed E-state index contributed by atoms with van der Waals surface area (Å²) in [6.45, 7) is 4.27. The van der Waals surface area contributed by atoms with Crippen LogP contribution in [0.25, 0.3) is 41.8 Å². The molecule has 3 aromatic carbocycles. The van der Waals surface area contributed by atoms with E-state index in [9.17, 15) is 19.8 Å². The minimum absolute atomic E-state index is 0.0892. The molecule has 0 saturated carbocycles. The van der Waals surface area contributed by atoms with Gasteiger partial charge in [0.1, 0.15) is 0 Å². The molecular formula is C37H36O4S2. The number of rotatable bonds is 13. The Kier molecular flexibility index (Phi) is 9.90. The number of carboxylic acids is 2. The highest BCUT2D eigenvalue weighted by Crippen LogP contribution is 2.41. The van der Waals surface area contributed by atoms with Crippen LogP contribution in [0.2, 0.25) is 0 Å². The van der Waals surface area contributed by atoms with E-state index in [1.54, 1.807) is 0 Å². The molecule has 0 aliphatic carbocycles. The summed E-state index contributed by atoms with van der Waals surface area (Å²) in [6.07, 6.45) is 8.74. The summed E-state index contributed by atoms with van der Waals surface area (Å²) in [5, 5.41) is 20.4. The van der Waals surface area contributed by atoms with Crippen LogP contribution in [0.5, 0.6) is 0 Å². The van der Waals surface area contributed by atoms with Crippen molar-refractivity contribution in [1.29, 1.82) is 0 Å². The molecule has 0 aliphatic rings. The summed E-state index contributed by atoms with van der Waals surface area (Å²) in [5.74, 6) is -2.17. The highest BCUT2D eigenvalue weighted by molar-refractivity contribution is 7.19. The van der Waals surface area contributed by atoms with Gasteiger partial charge in [0.25, 0.3) is 0 Å². The molecule has 43 heavy (non-hydrogen) atoms. The van der Waals surface area contributed by atoms with Crippen molar-refractivity contribution in [2.24, 2.45) is 0 Å². The Hall–Kier alpha value is -4.00. The van der Waals surface area contributed by atoms with Crippen LogP contribution < -0.4 is 0 Å². The molecule has 0 atom stereocenters. The van der Waals surface area contributed by atoms with Crippen molar-refractivity contribution in [3.8, 4) is 41.8 Å². The molecule has 0 fully saturated rings. The minimum atomic E-state index is -1.09. The zero-order valence-corrected chi connectivity index (χ0v) is 26.2. The fourth-order valence-electron chi connectivity index (χ4n) is 5.30. The number of hydrogen-bond acceptors (Lipinski definition) is 4. The number of aromatic carboxylic acids is 2. The molecule has 0 aliphatic heterocycles. The van der Waals surface area contributed by atoms with Crippen LogP contribution in [-0.2, 0) is 6.42 Å². The van der Waals surface area contributed by atoms with Gasteiger partial charge >= 0.3 is 11.9 Å². The summed E-state index contributed by atoms with van der Waals surface area (Å²) < 4.78 is 0. The van der Waals surface area contributed by atoms with Gasteiger partial charge in [-0.1, -0.05) is 93.1 Å². The van der Waals surface area contributed by atoms with Gasteiger partial charge in [0.15, 0.2) is 0 Å². The number of hydrogen-bond donors (Lipinski definition) is 2. The molecule has 0 bridgehead atoms. The lowest BCUT2D eigenvalue weighted by Gasteiger charge is -2.11. The maximum absolute atomic E-state index is 12.5. The monoisotopic (exact) mass is 608 g/mol. The molecule has 220 valence electrons. The standard InChI is InChI=1S/C37H36O4S2/c1-3-4-5-6-7-8-9-25-12-16-27(17-13-25)33-19-21-35(43-33)29-23-30(36(38)39)28(22-31(29)37(40)41)34-20-18-32(42-34)26-14-10-24(2)11-15-26/h10-23H,3-9H2,1-2H3,(H,38,39)(H,40,41). The Morgan fingerprint density at radius 3 is 1.51 bits per heavy atom. The van der Waals surface area contributed by atoms with Crippen LogP contribution in [0.3, 0.4) is 0 Å². The molecular weight excluding hydrogens is 573 g/mol. The lowest BCUT2D eigenvalue weighted by atomic mass is 9.96. The van der Waals surface area contributed by atoms with Crippen LogP contribution >= 0.6 is 22.7 Å². The van der Waals surface area contributed by atoms with Gasteiger partial charge < -0.3 is 10.2 Å². The number of thiophene rings is 2. The van der Waals surface area contributed by atoms with Gasteiger partial charge in [-0.15, -0.1) is 22.7 Å². The second-order valence-corrected chi connectivity index (χ2v) is 13.1. The van der Waals surface area contributed by atoms with E-state index in [0.717, 1.165) is 42.6 Å². The molecule has 2 heterocycles. The SMILES string of the molecule is CCCCCCCCc1ccc(-c2ccc(-c3cc(C(=O)O)c(-c4ccc(-c5ccc(C)cc5)s4)cc3C(=O)O)s2)cc1. The average molecular weight is 609 g/mol. The van der Waals surface area contributed by atoms with Crippen molar-refractivity contribution in [1.82, 2.24) is 0 Å². The lowest BCUT2D eigenvalue weighted by Crippen LogP contribution is -2.05. The maximum atomic E-state index is 12.5. The summed E-state index contributed by atoms with van der Waals surface area (Å²) in [4.78, 5) is 28.3. The number of aryl methyl sites for hydroxylation is 2. The fourth-order valence-corrected chi connectivity index (χ4v) is 7.38. The summed E-state index contributed by atoms with van der Waals surface area (Å²) in [7, 11) is 0. The molecule has 5 rings (SSSR count). The van der Waals surface area contributed by atoms with E-state index in [-0.39, 0.29) is 11.1 Å². The van der Waals surface area contributed by atoms with E-state index < -0.39 is 11.9 Å². The van der Waals surface area contributed by atoms with E-state index in [4.69, 9.17) is 0 Å². The number of carbonyl (C=O) groups is 2. The molecule has 0 unspecified atom stereocenters. The van der Waals surface area contributed by atoms with Crippen LogP contribution in [0, 0.1) is 6.92 Å². The molecule has 2 aromatic heterocycles. The predicted molar refractivity (Wildman–Crippen MR) is 180 cm³/mol. The maximum Gasteiger partial charge on any atom is 0.336 e. The third kappa shape index (κ3) is 7.32. The van der Waals surface area contributed by atoms with Crippen molar-refractivity contribution in [3.63, 3.8) is 0 Å². The molecule has 5 aromatic rings. The third-order valence-electron chi connectivity index (χ3n) is 7.75. The van der Waals surface area contributed by atoms with Gasteiger partial charge in [-0.3, -0.25) is 0 Å². The van der Waals surface area contributed by atoms with Crippen LogP contribution in [-0.4, -0.2) is 22.2 Å². The number of benzene rings is 3. The van der Waals surface area contributed by atoms with E-state index in [2.05, 4.69) is 31.2 Å². The van der Waals surface area contributed by atoms with E-state index in [0.29, 0.717) is 11.1 Å². The zero-order valence-electron chi connectivity index (χ0n) is 24.6. The topological polar surface area (TPSA) is 74.6 Å². The summed E-state index contributed by atoms with van der Waals surface area (Å²) >= 11 is 2.93. The molecule has 2 N–H and O–H groups in total. The Morgan fingerprint density at radius 2 is 1.02 bits per heavy atom. The van der Waals surface area contributed by atoms with Crippen LogP contribution in [0.1, 0.15) is 77.3 Å². The van der Waals surface area contributed by atoms with Gasteiger partial charge in [-0.05, 0) is 72.9 Å². The first-order valence-electron chi connectivity index (χ1n) is 14.9. The third-order valence-corrected chi connectivity index (χ3v) is 10.1. The highest BCUT2D eigenvalue weighted by Gasteiger charge is 2.22. The van der Waals surface area contributed by atoms with Gasteiger partial charge in [0, 0.05) is 30.6 Å². The first-order chi connectivity index (χ1) is 20.8. The second kappa shape index (κ2) is 14.0. The Balaban J connectivity index is 1.40. The zero-order chi connectivity index (χ0) is 30.3. The summed E-state index contributed by atoms with van der Waals surface area (Å²) in [6, 6.07) is 27.5. The van der Waals surface area contributed by atoms with Crippen molar-refractivity contribution >= 4 is 34.6 Å². The molecule has 0 saturated heterocycles. The number of unbranched alkanes of at least 4 members (excludes halogenated alkanes) is 5. The molecule has 0 amide bonds. The Bertz CT molecular complexity index is 1710. The molecule has 6 heteroatoms. The fraction of sp³-hybridized carbons (Fsp3) is 0.243. The van der Waals surface area contributed by atoms with Crippen molar-refractivity contribution in [2.45, 2.75) is 58.8 Å². The first kappa shape index (κ1) is 30.5. The smallest absolute Gasteiger partial charge is 0.336 e. The Morgan fingerprint density at radius 1 is 0.581 bits per heavy atom. The van der Waals surface area contributed by atoms with Crippen LogP contribution in [0.4, 0.5) is 0 Å². The molecule has 0 spiro atoms. The lowest BCUT2D eigenvalue weighted by molar-refractivity contribution is 0.0682. The largest absolute Gasteiger partial charge is 0.478 e. The van der Waals surface area contributed by atoms with Gasteiger partial charge in [-0.25, -0.2) is 9.59 Å². The highest BCUT2D eigenvalue weighted by atomic mass is 32.1. The van der Waals surface area contributed by atoms with Gasteiger partial charge in [0.05, 0.1) is 11.1 Å². The molecule has 0 radical (unpaired) electrons. The summed E-state index contributed by atoms with van der Waals surface area (Å²) in [5.41, 5.74) is 5.60. The number of carboxylic acid groups (broad SMARTS) is 2. The van der Waals surface area contributed by atoms with E-state index >= 15 is 0 Å². The first-order valence-corrected chi connectivity index (χ1v) is 16.5. The van der Waals surface area contributed by atoms with Crippen molar-refractivity contribution in [2.75, 3.05) is 0 Å². The Labute approximate surface area is 261 Å². The normalized spacial score (nSPS) is 11.1. The van der Waals surface area contributed by atoms with E-state index in [1.165, 1.54) is 78.9 Å². The van der Waals surface area contributed by atoms with Crippen molar-refractivity contribution < 1.29 is 19.8 Å². The quantitative estimate of drug-likeness (QED) is 0.130. The van der Waals surface area contributed by atoms with Gasteiger partial charge in [0.2, 0.25) is 0 Å². The van der Waals surface area contributed by atoms with Crippen LogP contribution in [0.15, 0.2) is 84.9 Å². The second-order valence-electron chi connectivity index (χ2n) is 11.0. The average Bonchev–Trinajstić information content (AvgIpc) is 3.70. The predicted octanol–water partition coefficient (Wildman–Crippen LogP) is 11.1. The van der Waals surface area contributed by atoms with Crippen molar-refractivity contribution in [3.05, 3.63) is 107 Å².